The maximum atomic E-state index is 5.73. The number of halogens is 1. The monoisotopic (exact) mass is 499 g/mol. The zero-order chi connectivity index (χ0) is 18.7. The summed E-state index contributed by atoms with van der Waals surface area (Å²) in [5, 5.41) is 3.43. The second-order valence-electron chi connectivity index (χ2n) is 7.09. The zero-order valence-corrected chi connectivity index (χ0v) is 19.3. The molecule has 156 valence electrons. The van der Waals surface area contributed by atoms with Gasteiger partial charge in [0.05, 0.1) is 12.7 Å². The molecular weight excluding hydrogens is 465 g/mol. The number of rotatable bonds is 8. The van der Waals surface area contributed by atoms with E-state index in [-0.39, 0.29) is 24.0 Å². The van der Waals surface area contributed by atoms with E-state index in [1.165, 1.54) is 17.6 Å². The Morgan fingerprint density at radius 3 is 2.86 bits per heavy atom. The van der Waals surface area contributed by atoms with Crippen LogP contribution >= 0.6 is 24.0 Å². The van der Waals surface area contributed by atoms with Crippen molar-refractivity contribution in [3.63, 3.8) is 0 Å². The lowest BCUT2D eigenvalue weighted by Crippen LogP contribution is -2.43. The van der Waals surface area contributed by atoms with Crippen LogP contribution in [0.25, 0.3) is 5.57 Å². The Morgan fingerprint density at radius 1 is 1.32 bits per heavy atom. The number of benzene rings is 1. The number of nitrogens with zero attached hydrogens (tertiary/aromatic N) is 2. The van der Waals surface area contributed by atoms with E-state index in [4.69, 9.17) is 14.5 Å². The second kappa shape index (κ2) is 13.2. The lowest BCUT2D eigenvalue weighted by molar-refractivity contribution is 0.0170. The summed E-state index contributed by atoms with van der Waals surface area (Å²) in [6.45, 7) is 8.08. The molecule has 0 aromatic heterocycles. The lowest BCUT2D eigenvalue weighted by Gasteiger charge is -2.30. The van der Waals surface area contributed by atoms with Crippen LogP contribution in [0.3, 0.4) is 0 Å². The Balaban J connectivity index is 0.00000280. The van der Waals surface area contributed by atoms with Crippen LogP contribution in [0.5, 0.6) is 0 Å². The Hall–Kier alpha value is -1.12. The molecule has 1 unspecified atom stereocenters. The molecule has 28 heavy (non-hydrogen) atoms. The fourth-order valence-corrected chi connectivity index (χ4v) is 3.54. The first kappa shape index (κ1) is 23.2. The van der Waals surface area contributed by atoms with Gasteiger partial charge in [0.15, 0.2) is 5.96 Å². The van der Waals surface area contributed by atoms with E-state index in [2.05, 4.69) is 53.5 Å². The van der Waals surface area contributed by atoms with Gasteiger partial charge in [0.25, 0.3) is 0 Å². The molecule has 2 aliphatic heterocycles. The van der Waals surface area contributed by atoms with Crippen molar-refractivity contribution in [3.05, 3.63) is 42.0 Å². The van der Waals surface area contributed by atoms with E-state index in [0.29, 0.717) is 6.10 Å². The molecule has 0 saturated carbocycles. The van der Waals surface area contributed by atoms with Gasteiger partial charge in [-0.3, -0.25) is 4.99 Å². The van der Waals surface area contributed by atoms with Gasteiger partial charge in [-0.25, -0.2) is 0 Å². The quantitative estimate of drug-likeness (QED) is 0.255. The third-order valence-electron chi connectivity index (χ3n) is 5.02. The highest BCUT2D eigenvalue weighted by Gasteiger charge is 2.16. The third-order valence-corrected chi connectivity index (χ3v) is 5.02. The predicted octanol–water partition coefficient (Wildman–Crippen LogP) is 3.94. The van der Waals surface area contributed by atoms with Crippen molar-refractivity contribution < 1.29 is 9.47 Å². The molecular formula is C22H34IN3O2. The van der Waals surface area contributed by atoms with Crippen molar-refractivity contribution in [2.75, 3.05) is 46.0 Å². The van der Waals surface area contributed by atoms with Crippen LogP contribution in [0.2, 0.25) is 0 Å². The van der Waals surface area contributed by atoms with Crippen LogP contribution in [0.4, 0.5) is 0 Å². The molecule has 6 heteroatoms. The first-order valence-electron chi connectivity index (χ1n) is 10.3. The maximum Gasteiger partial charge on any atom is 0.194 e. The number of ether oxygens (including phenoxy) is 2. The van der Waals surface area contributed by atoms with Crippen molar-refractivity contribution in [1.29, 1.82) is 0 Å². The van der Waals surface area contributed by atoms with Gasteiger partial charge in [-0.1, -0.05) is 36.4 Å². The molecule has 0 bridgehead atoms. The van der Waals surface area contributed by atoms with Crippen LogP contribution in [0.1, 0.15) is 38.2 Å². The van der Waals surface area contributed by atoms with Gasteiger partial charge in [0.2, 0.25) is 0 Å². The minimum Gasteiger partial charge on any atom is -0.379 e. The molecule has 1 N–H and O–H groups in total. The third kappa shape index (κ3) is 7.37. The first-order chi connectivity index (χ1) is 13.4. The molecule has 0 amide bonds. The van der Waals surface area contributed by atoms with E-state index >= 15 is 0 Å². The van der Waals surface area contributed by atoms with Gasteiger partial charge >= 0.3 is 0 Å². The molecule has 0 spiro atoms. The number of guanidine groups is 1. The van der Waals surface area contributed by atoms with Crippen LogP contribution in [0, 0.1) is 0 Å². The second-order valence-corrected chi connectivity index (χ2v) is 7.09. The van der Waals surface area contributed by atoms with Gasteiger partial charge in [-0.05, 0) is 43.7 Å². The van der Waals surface area contributed by atoms with Crippen LogP contribution in [-0.2, 0) is 9.47 Å². The first-order valence-corrected chi connectivity index (χ1v) is 10.3. The summed E-state index contributed by atoms with van der Waals surface area (Å²) in [6.07, 6.45) is 6.94. The minimum absolute atomic E-state index is 0. The zero-order valence-electron chi connectivity index (χ0n) is 16.9. The largest absolute Gasteiger partial charge is 0.379 e. The van der Waals surface area contributed by atoms with Gasteiger partial charge in [-0.2, -0.15) is 0 Å². The molecule has 1 aromatic carbocycles. The highest BCUT2D eigenvalue weighted by atomic mass is 127. The molecule has 2 aliphatic rings. The summed E-state index contributed by atoms with van der Waals surface area (Å²) in [4.78, 5) is 7.13. The van der Waals surface area contributed by atoms with Crippen molar-refractivity contribution in [2.24, 2.45) is 4.99 Å². The summed E-state index contributed by atoms with van der Waals surface area (Å²) in [7, 11) is 0. The Labute approximate surface area is 186 Å². The molecule has 1 saturated heterocycles. The molecule has 5 nitrogen and oxygen atoms in total. The maximum absolute atomic E-state index is 5.73. The van der Waals surface area contributed by atoms with E-state index in [1.807, 2.05) is 0 Å². The topological polar surface area (TPSA) is 46.1 Å². The summed E-state index contributed by atoms with van der Waals surface area (Å²) in [6, 6.07) is 10.7. The highest BCUT2D eigenvalue weighted by molar-refractivity contribution is 14.0. The number of aliphatic imine (C=N–C) groups is 1. The van der Waals surface area contributed by atoms with E-state index in [9.17, 15) is 0 Å². The number of nitrogens with one attached hydrogen (secondary N) is 1. The average molecular weight is 499 g/mol. The van der Waals surface area contributed by atoms with Crippen molar-refractivity contribution >= 4 is 35.5 Å². The molecule has 2 heterocycles. The van der Waals surface area contributed by atoms with Gasteiger partial charge in [0, 0.05) is 39.4 Å². The molecule has 0 radical (unpaired) electrons. The van der Waals surface area contributed by atoms with Crippen LogP contribution < -0.4 is 5.32 Å². The van der Waals surface area contributed by atoms with Crippen molar-refractivity contribution in [1.82, 2.24) is 10.2 Å². The normalized spacial score (nSPS) is 19.9. The summed E-state index contributed by atoms with van der Waals surface area (Å²) in [5.41, 5.74) is 2.77. The van der Waals surface area contributed by atoms with Gasteiger partial charge < -0.3 is 19.7 Å². The number of hydrogen-bond donors (Lipinski definition) is 1. The van der Waals surface area contributed by atoms with E-state index in [1.54, 1.807) is 0 Å². The molecule has 1 fully saturated rings. The van der Waals surface area contributed by atoms with Crippen LogP contribution in [0.15, 0.2) is 41.4 Å². The van der Waals surface area contributed by atoms with Gasteiger partial charge in [0.1, 0.15) is 0 Å². The smallest absolute Gasteiger partial charge is 0.194 e. The fraction of sp³-hybridized carbons (Fsp3) is 0.591. The Morgan fingerprint density at radius 2 is 2.18 bits per heavy atom. The average Bonchev–Trinajstić information content (AvgIpc) is 3.24. The molecule has 1 aromatic rings. The standard InChI is InChI=1S/C22H33N3O2.HI/c1-2-23-22(24-13-7-16-26-18-21-10-6-17-27-21)25-14-11-20(12-15-25)19-8-4-3-5-9-19;/h3-5,8-9,11,21H,2,6-7,10,12-18H2,1H3,(H,23,24);1H. The summed E-state index contributed by atoms with van der Waals surface area (Å²) in [5.74, 6) is 1.01. The Bertz CT molecular complexity index is 615. The molecule has 3 rings (SSSR count). The van der Waals surface area contributed by atoms with E-state index in [0.717, 1.165) is 71.2 Å². The fourth-order valence-electron chi connectivity index (χ4n) is 3.54. The molecule has 1 atom stereocenters. The van der Waals surface area contributed by atoms with Gasteiger partial charge in [-0.15, -0.1) is 24.0 Å². The Kier molecular flexibility index (Phi) is 10.9. The highest BCUT2D eigenvalue weighted by Crippen LogP contribution is 2.22. The summed E-state index contributed by atoms with van der Waals surface area (Å²) < 4.78 is 11.3. The van der Waals surface area contributed by atoms with Crippen LogP contribution in [-0.4, -0.2) is 63.0 Å². The van der Waals surface area contributed by atoms with Crippen molar-refractivity contribution in [2.45, 2.75) is 38.7 Å². The predicted molar refractivity (Wildman–Crippen MR) is 126 cm³/mol. The lowest BCUT2D eigenvalue weighted by atomic mass is 10.00. The van der Waals surface area contributed by atoms with Crippen molar-refractivity contribution in [3.8, 4) is 0 Å². The van der Waals surface area contributed by atoms with E-state index < -0.39 is 0 Å². The minimum atomic E-state index is 0. The SMILES string of the molecule is CCNC(=NCCCOCC1CCCO1)N1CC=C(c2ccccc2)CC1.I. The number of hydrogen-bond acceptors (Lipinski definition) is 3. The summed E-state index contributed by atoms with van der Waals surface area (Å²) >= 11 is 0. The molecule has 0 aliphatic carbocycles.